The van der Waals surface area contributed by atoms with Crippen LogP contribution in [-0.2, 0) is 21.3 Å². The Bertz CT molecular complexity index is 1210. The maximum absolute atomic E-state index is 14.6. The third-order valence-corrected chi connectivity index (χ3v) is 7.69. The van der Waals surface area contributed by atoms with Gasteiger partial charge in [-0.1, -0.05) is 25.4 Å². The summed E-state index contributed by atoms with van der Waals surface area (Å²) in [7, 11) is -4.02. The van der Waals surface area contributed by atoms with Crippen LogP contribution < -0.4 is 4.31 Å². The average molecular weight is 480 g/mol. The van der Waals surface area contributed by atoms with Crippen molar-refractivity contribution in [1.29, 1.82) is 0 Å². The highest BCUT2D eigenvalue weighted by atomic mass is 35.5. The highest BCUT2D eigenvalue weighted by Crippen LogP contribution is 2.31. The van der Waals surface area contributed by atoms with E-state index in [1.807, 2.05) is 18.5 Å². The SMILES string of the molecule is CC(C)CN(c1cc(Cl)ccc1F)S(=O)(=O)c1ccc2c(cnn2CC2CCOCC2)c1. The van der Waals surface area contributed by atoms with Gasteiger partial charge in [-0.15, -0.1) is 0 Å². The molecule has 2 heterocycles. The van der Waals surface area contributed by atoms with Gasteiger partial charge in [0.25, 0.3) is 10.0 Å². The summed E-state index contributed by atoms with van der Waals surface area (Å²) < 4.78 is 50.2. The molecular weight excluding hydrogens is 453 g/mol. The number of ether oxygens (including phenoxy) is 1. The highest BCUT2D eigenvalue weighted by molar-refractivity contribution is 7.92. The molecule has 4 rings (SSSR count). The number of aromatic nitrogens is 2. The van der Waals surface area contributed by atoms with Crippen molar-refractivity contribution < 1.29 is 17.5 Å². The predicted octanol–water partition coefficient (Wildman–Crippen LogP) is 5.11. The number of sulfonamides is 1. The maximum Gasteiger partial charge on any atom is 0.264 e. The van der Waals surface area contributed by atoms with E-state index in [-0.39, 0.29) is 28.1 Å². The van der Waals surface area contributed by atoms with Gasteiger partial charge in [0.05, 0.1) is 22.3 Å². The van der Waals surface area contributed by atoms with Gasteiger partial charge in [-0.3, -0.25) is 8.99 Å². The fourth-order valence-corrected chi connectivity index (χ4v) is 5.84. The van der Waals surface area contributed by atoms with E-state index in [0.717, 1.165) is 47.8 Å². The van der Waals surface area contributed by atoms with Gasteiger partial charge in [-0.2, -0.15) is 5.10 Å². The van der Waals surface area contributed by atoms with Crippen LogP contribution >= 0.6 is 11.6 Å². The number of nitrogens with zero attached hydrogens (tertiary/aromatic N) is 3. The molecule has 1 saturated heterocycles. The van der Waals surface area contributed by atoms with Gasteiger partial charge in [0.2, 0.25) is 0 Å². The molecule has 0 unspecified atom stereocenters. The van der Waals surface area contributed by atoms with E-state index in [4.69, 9.17) is 16.3 Å². The van der Waals surface area contributed by atoms with Crippen LogP contribution in [-0.4, -0.2) is 38.0 Å². The summed E-state index contributed by atoms with van der Waals surface area (Å²) in [6.07, 6.45) is 3.66. The first-order chi connectivity index (χ1) is 15.3. The van der Waals surface area contributed by atoms with Gasteiger partial charge in [-0.25, -0.2) is 12.8 Å². The lowest BCUT2D eigenvalue weighted by Gasteiger charge is -2.27. The van der Waals surface area contributed by atoms with Gasteiger partial charge in [0.15, 0.2) is 0 Å². The van der Waals surface area contributed by atoms with Crippen molar-refractivity contribution in [3.8, 4) is 0 Å². The van der Waals surface area contributed by atoms with Crippen LogP contribution in [0.5, 0.6) is 0 Å². The molecule has 1 aromatic heterocycles. The van der Waals surface area contributed by atoms with Crippen molar-refractivity contribution in [2.45, 2.75) is 38.1 Å². The molecule has 6 nitrogen and oxygen atoms in total. The van der Waals surface area contributed by atoms with E-state index >= 15 is 0 Å². The van der Waals surface area contributed by atoms with Gasteiger partial charge in [0.1, 0.15) is 5.82 Å². The van der Waals surface area contributed by atoms with Crippen molar-refractivity contribution in [1.82, 2.24) is 9.78 Å². The fraction of sp³-hybridized carbons (Fsp3) is 0.435. The van der Waals surface area contributed by atoms with Crippen molar-refractivity contribution in [2.75, 3.05) is 24.1 Å². The lowest BCUT2D eigenvalue weighted by molar-refractivity contribution is 0.0605. The number of benzene rings is 2. The van der Waals surface area contributed by atoms with Gasteiger partial charge < -0.3 is 4.74 Å². The Labute approximate surface area is 193 Å². The second kappa shape index (κ2) is 9.37. The van der Waals surface area contributed by atoms with Crippen molar-refractivity contribution in [3.05, 3.63) is 53.4 Å². The van der Waals surface area contributed by atoms with Crippen LogP contribution in [0.4, 0.5) is 10.1 Å². The molecule has 0 radical (unpaired) electrons. The number of fused-ring (bicyclic) bond motifs is 1. The maximum atomic E-state index is 14.6. The third-order valence-electron chi connectivity index (χ3n) is 5.68. The van der Waals surface area contributed by atoms with Crippen LogP contribution in [0.25, 0.3) is 10.9 Å². The molecule has 32 heavy (non-hydrogen) atoms. The van der Waals surface area contributed by atoms with Crippen LogP contribution in [0, 0.1) is 17.7 Å². The second-order valence-electron chi connectivity index (χ2n) is 8.63. The van der Waals surface area contributed by atoms with Crippen LogP contribution in [0.15, 0.2) is 47.5 Å². The first-order valence-corrected chi connectivity index (χ1v) is 12.6. The standard InChI is InChI=1S/C23H27ClFN3O3S/c1-16(2)14-28(23-12-19(24)3-5-21(23)25)32(29,30)20-4-6-22-18(11-20)13-26-27(22)15-17-7-9-31-10-8-17/h3-6,11-13,16-17H,7-10,14-15H2,1-2H3. The van der Waals surface area contributed by atoms with Crippen molar-refractivity contribution >= 4 is 38.2 Å². The normalized spacial score (nSPS) is 15.5. The lowest BCUT2D eigenvalue weighted by atomic mass is 10.0. The Kier molecular flexibility index (Phi) is 6.74. The summed E-state index contributed by atoms with van der Waals surface area (Å²) in [6.45, 7) is 6.19. The molecule has 0 spiro atoms. The molecule has 0 N–H and O–H groups in total. The van der Waals surface area contributed by atoms with Gasteiger partial charge in [0, 0.05) is 36.7 Å². The summed E-state index contributed by atoms with van der Waals surface area (Å²) in [5.74, 6) is -0.166. The minimum absolute atomic E-state index is 0.0193. The zero-order valence-electron chi connectivity index (χ0n) is 18.2. The minimum Gasteiger partial charge on any atom is -0.381 e. The van der Waals surface area contributed by atoms with Gasteiger partial charge in [-0.05, 0) is 61.1 Å². The Morgan fingerprint density at radius 1 is 1.22 bits per heavy atom. The van der Waals surface area contributed by atoms with E-state index in [1.54, 1.807) is 24.4 Å². The summed E-state index contributed by atoms with van der Waals surface area (Å²) in [4.78, 5) is 0.0932. The Balaban J connectivity index is 1.69. The molecule has 0 aliphatic carbocycles. The quantitative estimate of drug-likeness (QED) is 0.472. The number of halogens is 2. The molecular formula is C23H27ClFN3O3S. The van der Waals surface area contributed by atoms with E-state index in [2.05, 4.69) is 5.10 Å². The smallest absolute Gasteiger partial charge is 0.264 e. The zero-order chi connectivity index (χ0) is 22.9. The molecule has 0 amide bonds. The molecule has 0 saturated carbocycles. The molecule has 1 aliphatic heterocycles. The first-order valence-electron chi connectivity index (χ1n) is 10.8. The summed E-state index contributed by atoms with van der Waals surface area (Å²) in [5, 5.41) is 5.48. The third kappa shape index (κ3) is 4.77. The Morgan fingerprint density at radius 3 is 2.69 bits per heavy atom. The zero-order valence-corrected chi connectivity index (χ0v) is 19.7. The van der Waals surface area contributed by atoms with Crippen LogP contribution in [0.2, 0.25) is 5.02 Å². The number of anilines is 1. The van der Waals surface area contributed by atoms with E-state index < -0.39 is 15.8 Å². The van der Waals surface area contributed by atoms with E-state index in [9.17, 15) is 12.8 Å². The molecule has 3 aromatic rings. The van der Waals surface area contributed by atoms with Crippen LogP contribution in [0.1, 0.15) is 26.7 Å². The Hall–Kier alpha value is -2.16. The second-order valence-corrected chi connectivity index (χ2v) is 10.9. The van der Waals surface area contributed by atoms with Crippen molar-refractivity contribution in [3.63, 3.8) is 0 Å². The summed E-state index contributed by atoms with van der Waals surface area (Å²) in [6, 6.07) is 8.88. The van der Waals surface area contributed by atoms with Crippen LogP contribution in [0.3, 0.4) is 0 Å². The molecule has 9 heteroatoms. The van der Waals surface area contributed by atoms with E-state index in [0.29, 0.717) is 5.92 Å². The molecule has 0 bridgehead atoms. The number of rotatable bonds is 7. The molecule has 1 fully saturated rings. The first kappa shape index (κ1) is 23.0. The molecule has 1 aliphatic rings. The largest absolute Gasteiger partial charge is 0.381 e. The highest BCUT2D eigenvalue weighted by Gasteiger charge is 2.29. The van der Waals surface area contributed by atoms with Gasteiger partial charge >= 0.3 is 0 Å². The molecule has 172 valence electrons. The topological polar surface area (TPSA) is 64.4 Å². The summed E-state index contributed by atoms with van der Waals surface area (Å²) in [5.41, 5.74) is 0.821. The van der Waals surface area contributed by atoms with Crippen molar-refractivity contribution in [2.24, 2.45) is 11.8 Å². The summed E-state index contributed by atoms with van der Waals surface area (Å²) >= 11 is 6.05. The number of hydrogen-bond donors (Lipinski definition) is 0. The predicted molar refractivity (Wildman–Crippen MR) is 124 cm³/mol. The minimum atomic E-state index is -4.02. The Morgan fingerprint density at radius 2 is 1.97 bits per heavy atom. The average Bonchev–Trinajstić information content (AvgIpc) is 3.16. The lowest BCUT2D eigenvalue weighted by Crippen LogP contribution is -2.35. The molecule has 0 atom stereocenters. The number of hydrogen-bond acceptors (Lipinski definition) is 4. The molecule has 2 aromatic carbocycles. The van der Waals surface area contributed by atoms with E-state index in [1.165, 1.54) is 18.2 Å². The monoisotopic (exact) mass is 479 g/mol. The fourth-order valence-electron chi connectivity index (χ4n) is 4.01.